The molecule has 2 heterocycles. The quantitative estimate of drug-likeness (QED) is 0.653. The third-order valence-corrected chi connectivity index (χ3v) is 3.61. The molecule has 0 aliphatic carbocycles. The first-order valence-electron chi connectivity index (χ1n) is 6.51. The Hall–Kier alpha value is -2.81. The van der Waals surface area contributed by atoms with Gasteiger partial charge in [0.25, 0.3) is 0 Å². The fourth-order valence-electron chi connectivity index (χ4n) is 2.61. The van der Waals surface area contributed by atoms with Crippen LogP contribution in [0.5, 0.6) is 0 Å². The number of hydrogen-bond acceptors (Lipinski definition) is 2. The summed E-state index contributed by atoms with van der Waals surface area (Å²) in [5.74, 6) is 0.0471. The van der Waals surface area contributed by atoms with Crippen LogP contribution in [-0.2, 0) is 0 Å². The van der Waals surface area contributed by atoms with Crippen molar-refractivity contribution in [2.24, 2.45) is 0 Å². The predicted molar refractivity (Wildman–Crippen MR) is 80.7 cm³/mol. The minimum absolute atomic E-state index is 0.0471. The van der Waals surface area contributed by atoms with E-state index >= 15 is 0 Å². The molecule has 2 N–H and O–H groups in total. The number of ketones is 1. The molecule has 2 aromatic carbocycles. The molecule has 0 bridgehead atoms. The maximum Gasteiger partial charge on any atom is 0.211 e. The minimum Gasteiger partial charge on any atom is -0.361 e. The second kappa shape index (κ2) is 4.10. The summed E-state index contributed by atoms with van der Waals surface area (Å²) in [6, 6.07) is 15.6. The van der Waals surface area contributed by atoms with Crippen molar-refractivity contribution in [2.45, 2.75) is 0 Å². The smallest absolute Gasteiger partial charge is 0.211 e. The summed E-state index contributed by atoms with van der Waals surface area (Å²) in [7, 11) is 0. The molecular formula is C17H12N2O. The Morgan fingerprint density at radius 3 is 2.65 bits per heavy atom. The third-order valence-electron chi connectivity index (χ3n) is 3.61. The number of para-hydroxylation sites is 2. The van der Waals surface area contributed by atoms with Crippen molar-refractivity contribution < 1.29 is 4.79 Å². The zero-order valence-electron chi connectivity index (χ0n) is 10.7. The maximum absolute atomic E-state index is 12.3. The molecule has 0 saturated heterocycles. The Morgan fingerprint density at radius 1 is 0.950 bits per heavy atom. The molecule has 3 nitrogen and oxygen atoms in total. The standard InChI is InChI=1S/C17H12N2O/c20-17-13-6-2-4-8-15(13)19-16(17)9-11-10-18-14-7-3-1-5-12(11)14/h1-10,18-19H/b16-9-. The van der Waals surface area contributed by atoms with Gasteiger partial charge in [-0.25, -0.2) is 0 Å². The highest BCUT2D eigenvalue weighted by Crippen LogP contribution is 2.29. The van der Waals surface area contributed by atoms with E-state index in [0.29, 0.717) is 5.70 Å². The average Bonchev–Trinajstić information content (AvgIpc) is 3.03. The third kappa shape index (κ3) is 1.57. The van der Waals surface area contributed by atoms with Crippen molar-refractivity contribution in [1.29, 1.82) is 0 Å². The minimum atomic E-state index is 0.0471. The fourth-order valence-corrected chi connectivity index (χ4v) is 2.61. The van der Waals surface area contributed by atoms with Crippen LogP contribution in [0.1, 0.15) is 15.9 Å². The van der Waals surface area contributed by atoms with Gasteiger partial charge in [0.1, 0.15) is 0 Å². The molecule has 20 heavy (non-hydrogen) atoms. The molecule has 3 aromatic rings. The zero-order valence-corrected chi connectivity index (χ0v) is 10.7. The number of aromatic nitrogens is 1. The number of rotatable bonds is 1. The zero-order chi connectivity index (χ0) is 13.5. The van der Waals surface area contributed by atoms with E-state index in [1.54, 1.807) is 0 Å². The number of benzene rings is 2. The van der Waals surface area contributed by atoms with Crippen LogP contribution >= 0.6 is 0 Å². The molecule has 0 atom stereocenters. The van der Waals surface area contributed by atoms with Gasteiger partial charge in [0, 0.05) is 33.9 Å². The molecule has 0 fully saturated rings. The van der Waals surface area contributed by atoms with E-state index in [9.17, 15) is 4.79 Å². The Bertz CT molecular complexity index is 858. The second-order valence-corrected chi connectivity index (χ2v) is 4.85. The molecule has 0 amide bonds. The van der Waals surface area contributed by atoms with E-state index in [2.05, 4.69) is 10.3 Å². The lowest BCUT2D eigenvalue weighted by molar-refractivity contribution is 0.104. The second-order valence-electron chi connectivity index (χ2n) is 4.85. The Labute approximate surface area is 115 Å². The van der Waals surface area contributed by atoms with E-state index in [0.717, 1.165) is 27.7 Å². The Morgan fingerprint density at radius 2 is 1.75 bits per heavy atom. The number of nitrogens with one attached hydrogen (secondary N) is 2. The van der Waals surface area contributed by atoms with Crippen molar-refractivity contribution in [1.82, 2.24) is 4.98 Å². The van der Waals surface area contributed by atoms with Crippen LogP contribution in [0.3, 0.4) is 0 Å². The molecule has 0 unspecified atom stereocenters. The van der Waals surface area contributed by atoms with Crippen LogP contribution in [0.25, 0.3) is 17.0 Å². The monoisotopic (exact) mass is 260 g/mol. The van der Waals surface area contributed by atoms with Gasteiger partial charge in [-0.2, -0.15) is 0 Å². The van der Waals surface area contributed by atoms with E-state index in [1.807, 2.05) is 60.8 Å². The number of allylic oxidation sites excluding steroid dienone is 1. The first-order chi connectivity index (χ1) is 9.83. The highest BCUT2D eigenvalue weighted by Gasteiger charge is 2.23. The van der Waals surface area contributed by atoms with Gasteiger partial charge in [-0.1, -0.05) is 30.3 Å². The Kier molecular flexibility index (Phi) is 2.27. The van der Waals surface area contributed by atoms with Gasteiger partial charge < -0.3 is 10.3 Å². The van der Waals surface area contributed by atoms with Crippen LogP contribution < -0.4 is 5.32 Å². The molecule has 1 aromatic heterocycles. The molecule has 1 aliphatic heterocycles. The van der Waals surface area contributed by atoms with E-state index in [-0.39, 0.29) is 5.78 Å². The molecule has 4 rings (SSSR count). The Balaban J connectivity index is 1.81. The van der Waals surface area contributed by atoms with Gasteiger partial charge in [-0.15, -0.1) is 0 Å². The number of aromatic amines is 1. The normalized spacial score (nSPS) is 15.6. The summed E-state index contributed by atoms with van der Waals surface area (Å²) in [6.45, 7) is 0. The lowest BCUT2D eigenvalue weighted by atomic mass is 10.1. The maximum atomic E-state index is 12.3. The number of fused-ring (bicyclic) bond motifs is 2. The molecule has 3 heteroatoms. The molecule has 1 aliphatic rings. The van der Waals surface area contributed by atoms with Crippen molar-refractivity contribution >= 4 is 28.4 Å². The number of carbonyl (C=O) groups is 1. The van der Waals surface area contributed by atoms with Gasteiger partial charge >= 0.3 is 0 Å². The van der Waals surface area contributed by atoms with E-state index < -0.39 is 0 Å². The molecule has 0 saturated carbocycles. The summed E-state index contributed by atoms with van der Waals surface area (Å²) >= 11 is 0. The largest absolute Gasteiger partial charge is 0.361 e. The van der Waals surface area contributed by atoms with Gasteiger partial charge in [0.05, 0.1) is 5.70 Å². The summed E-state index contributed by atoms with van der Waals surface area (Å²) in [4.78, 5) is 15.5. The van der Waals surface area contributed by atoms with E-state index in [1.165, 1.54) is 0 Å². The highest BCUT2D eigenvalue weighted by atomic mass is 16.1. The SMILES string of the molecule is O=C1/C(=C/c2c[nH]c3ccccc23)Nc2ccccc21. The highest BCUT2D eigenvalue weighted by molar-refractivity contribution is 6.21. The lowest BCUT2D eigenvalue weighted by Gasteiger charge is -1.97. The fraction of sp³-hybridized carbons (Fsp3) is 0. The van der Waals surface area contributed by atoms with Crippen LogP contribution in [-0.4, -0.2) is 10.8 Å². The van der Waals surface area contributed by atoms with Gasteiger partial charge in [0.2, 0.25) is 5.78 Å². The first-order valence-corrected chi connectivity index (χ1v) is 6.51. The molecule has 0 radical (unpaired) electrons. The first kappa shape index (κ1) is 11.1. The lowest BCUT2D eigenvalue weighted by Crippen LogP contribution is -1.99. The van der Waals surface area contributed by atoms with Gasteiger partial charge in [-0.3, -0.25) is 4.79 Å². The average molecular weight is 260 g/mol. The molecule has 96 valence electrons. The van der Waals surface area contributed by atoms with Crippen molar-refractivity contribution in [3.63, 3.8) is 0 Å². The summed E-state index contributed by atoms with van der Waals surface area (Å²) in [5, 5.41) is 4.30. The van der Waals surface area contributed by atoms with Crippen molar-refractivity contribution in [3.8, 4) is 0 Å². The van der Waals surface area contributed by atoms with Crippen LogP contribution in [0.15, 0.2) is 60.4 Å². The number of carbonyl (C=O) groups excluding carboxylic acids is 1. The number of H-pyrrole nitrogens is 1. The summed E-state index contributed by atoms with van der Waals surface area (Å²) in [6.07, 6.45) is 3.83. The summed E-state index contributed by atoms with van der Waals surface area (Å²) in [5.41, 5.74) is 4.32. The molecular weight excluding hydrogens is 248 g/mol. The summed E-state index contributed by atoms with van der Waals surface area (Å²) < 4.78 is 0. The van der Waals surface area contributed by atoms with Crippen LogP contribution in [0.4, 0.5) is 5.69 Å². The number of hydrogen-bond donors (Lipinski definition) is 2. The number of Topliss-reactive ketones (excluding diaryl/α,β-unsaturated/α-hetero) is 1. The van der Waals surface area contributed by atoms with E-state index in [4.69, 9.17) is 0 Å². The van der Waals surface area contributed by atoms with Crippen molar-refractivity contribution in [2.75, 3.05) is 5.32 Å². The molecule has 0 spiro atoms. The topological polar surface area (TPSA) is 44.9 Å². The predicted octanol–water partition coefficient (Wildman–Crippen LogP) is 3.82. The number of anilines is 1. The van der Waals surface area contributed by atoms with Crippen molar-refractivity contribution in [3.05, 3.63) is 71.6 Å². The van der Waals surface area contributed by atoms with Crippen LogP contribution in [0.2, 0.25) is 0 Å². The van der Waals surface area contributed by atoms with Crippen LogP contribution in [0, 0.1) is 0 Å². The van der Waals surface area contributed by atoms with Gasteiger partial charge in [-0.05, 0) is 24.3 Å². The van der Waals surface area contributed by atoms with Gasteiger partial charge in [0.15, 0.2) is 0 Å².